The van der Waals surface area contributed by atoms with Crippen LogP contribution in [0.5, 0.6) is 0 Å². The molecule has 0 amide bonds. The molecule has 2 atom stereocenters. The second-order valence-electron chi connectivity index (χ2n) is 6.48. The zero-order valence-electron chi connectivity index (χ0n) is 13.7. The Labute approximate surface area is 130 Å². The highest BCUT2D eigenvalue weighted by Gasteiger charge is 2.24. The van der Waals surface area contributed by atoms with Gasteiger partial charge in [-0.15, -0.1) is 0 Å². The Balaban J connectivity index is 1.87. The van der Waals surface area contributed by atoms with Crippen LogP contribution in [0.25, 0.3) is 0 Å². The third-order valence-corrected chi connectivity index (χ3v) is 4.52. The molecule has 1 aromatic heterocycles. The molecule has 3 heteroatoms. The van der Waals surface area contributed by atoms with E-state index in [1.54, 1.807) is 0 Å². The molecule has 0 spiro atoms. The number of rotatable bonds is 7. The van der Waals surface area contributed by atoms with Crippen molar-refractivity contribution < 1.29 is 0 Å². The highest BCUT2D eigenvalue weighted by molar-refractivity contribution is 5.03. The molecule has 21 heavy (non-hydrogen) atoms. The van der Waals surface area contributed by atoms with E-state index in [-0.39, 0.29) is 0 Å². The van der Waals surface area contributed by atoms with Gasteiger partial charge in [-0.25, -0.2) is 0 Å². The van der Waals surface area contributed by atoms with Gasteiger partial charge in [-0.1, -0.05) is 32.3 Å². The van der Waals surface area contributed by atoms with Gasteiger partial charge in [-0.3, -0.25) is 4.98 Å². The first-order valence-corrected chi connectivity index (χ1v) is 8.61. The van der Waals surface area contributed by atoms with E-state index in [4.69, 9.17) is 0 Å². The number of hydrogen-bond donors (Lipinski definition) is 1. The van der Waals surface area contributed by atoms with Crippen LogP contribution in [-0.2, 0) is 6.54 Å². The van der Waals surface area contributed by atoms with E-state index in [2.05, 4.69) is 41.3 Å². The fourth-order valence-corrected chi connectivity index (χ4v) is 3.43. The van der Waals surface area contributed by atoms with Crippen molar-refractivity contribution in [1.82, 2.24) is 15.2 Å². The molecule has 1 heterocycles. The molecule has 0 bridgehead atoms. The summed E-state index contributed by atoms with van der Waals surface area (Å²) in [6.45, 7) is 5.55. The highest BCUT2D eigenvalue weighted by atomic mass is 15.1. The Morgan fingerprint density at radius 3 is 2.86 bits per heavy atom. The molecule has 2 unspecified atom stereocenters. The first-order valence-electron chi connectivity index (χ1n) is 8.61. The summed E-state index contributed by atoms with van der Waals surface area (Å²) in [6.07, 6.45) is 10.0. The number of nitrogens with one attached hydrogen (secondary N) is 1. The number of pyridine rings is 1. The zero-order valence-corrected chi connectivity index (χ0v) is 13.7. The standard InChI is InChI=1S/C18H31N3/c1-3-12-20-18-11-6-4-5-9-16(18)14-21(2)15-17-10-7-8-13-19-17/h7-8,10,13,16,18,20H,3-6,9,11-12,14-15H2,1-2H3. The average molecular weight is 289 g/mol. The lowest BCUT2D eigenvalue weighted by atomic mass is 9.94. The van der Waals surface area contributed by atoms with Gasteiger partial charge in [0.1, 0.15) is 0 Å². The molecule has 0 radical (unpaired) electrons. The van der Waals surface area contributed by atoms with Crippen LogP contribution in [0.1, 0.15) is 51.1 Å². The molecule has 1 fully saturated rings. The van der Waals surface area contributed by atoms with E-state index in [0.717, 1.165) is 19.0 Å². The summed E-state index contributed by atoms with van der Waals surface area (Å²) >= 11 is 0. The van der Waals surface area contributed by atoms with Crippen LogP contribution >= 0.6 is 0 Å². The minimum absolute atomic E-state index is 0.707. The number of hydrogen-bond acceptors (Lipinski definition) is 3. The van der Waals surface area contributed by atoms with Crippen LogP contribution in [0.3, 0.4) is 0 Å². The lowest BCUT2D eigenvalue weighted by Crippen LogP contribution is -2.41. The van der Waals surface area contributed by atoms with Crippen molar-refractivity contribution in [3.8, 4) is 0 Å². The largest absolute Gasteiger partial charge is 0.314 e. The number of nitrogens with zero attached hydrogens (tertiary/aromatic N) is 2. The summed E-state index contributed by atoms with van der Waals surface area (Å²) in [5, 5.41) is 3.79. The third kappa shape index (κ3) is 5.76. The molecule has 1 aromatic rings. The summed E-state index contributed by atoms with van der Waals surface area (Å²) in [5.41, 5.74) is 1.17. The van der Waals surface area contributed by atoms with Crippen LogP contribution < -0.4 is 5.32 Å². The van der Waals surface area contributed by atoms with Gasteiger partial charge in [0.05, 0.1) is 5.69 Å². The van der Waals surface area contributed by atoms with E-state index in [1.807, 2.05) is 12.3 Å². The molecule has 0 saturated heterocycles. The molecule has 3 nitrogen and oxygen atoms in total. The van der Waals surface area contributed by atoms with E-state index in [0.29, 0.717) is 6.04 Å². The van der Waals surface area contributed by atoms with Gasteiger partial charge in [0.15, 0.2) is 0 Å². The molecule has 0 aromatic carbocycles. The quantitative estimate of drug-likeness (QED) is 0.779. The molecule has 1 saturated carbocycles. The molecular weight excluding hydrogens is 258 g/mol. The van der Waals surface area contributed by atoms with Gasteiger partial charge < -0.3 is 10.2 Å². The van der Waals surface area contributed by atoms with E-state index in [1.165, 1.54) is 50.8 Å². The van der Waals surface area contributed by atoms with E-state index < -0.39 is 0 Å². The Morgan fingerprint density at radius 2 is 2.10 bits per heavy atom. The van der Waals surface area contributed by atoms with E-state index >= 15 is 0 Å². The highest BCUT2D eigenvalue weighted by Crippen LogP contribution is 2.24. The van der Waals surface area contributed by atoms with Crippen LogP contribution in [0.15, 0.2) is 24.4 Å². The topological polar surface area (TPSA) is 28.2 Å². The Morgan fingerprint density at radius 1 is 1.24 bits per heavy atom. The van der Waals surface area contributed by atoms with Crippen molar-refractivity contribution in [2.24, 2.45) is 5.92 Å². The molecule has 1 N–H and O–H groups in total. The Bertz CT molecular complexity index is 379. The Hall–Kier alpha value is -0.930. The maximum absolute atomic E-state index is 4.44. The van der Waals surface area contributed by atoms with Crippen molar-refractivity contribution in [2.45, 2.75) is 58.0 Å². The fourth-order valence-electron chi connectivity index (χ4n) is 3.43. The second-order valence-corrected chi connectivity index (χ2v) is 6.48. The van der Waals surface area contributed by atoms with Gasteiger partial charge in [-0.2, -0.15) is 0 Å². The molecule has 118 valence electrons. The first-order chi connectivity index (χ1) is 10.3. The SMILES string of the molecule is CCCNC1CCCCCC1CN(C)Cc1ccccn1. The van der Waals surface area contributed by atoms with Crippen molar-refractivity contribution in [1.29, 1.82) is 0 Å². The van der Waals surface area contributed by atoms with Crippen LogP contribution in [0.4, 0.5) is 0 Å². The van der Waals surface area contributed by atoms with Crippen molar-refractivity contribution in [2.75, 3.05) is 20.1 Å². The van der Waals surface area contributed by atoms with Gasteiger partial charge in [0, 0.05) is 25.3 Å². The maximum atomic E-state index is 4.44. The van der Waals surface area contributed by atoms with Gasteiger partial charge in [-0.05, 0) is 50.9 Å². The first kappa shape index (κ1) is 16.4. The second kappa shape index (κ2) is 9.16. The normalized spacial score (nSPS) is 23.2. The minimum Gasteiger partial charge on any atom is -0.314 e. The smallest absolute Gasteiger partial charge is 0.0543 e. The lowest BCUT2D eigenvalue weighted by Gasteiger charge is -2.30. The summed E-state index contributed by atoms with van der Waals surface area (Å²) < 4.78 is 0. The summed E-state index contributed by atoms with van der Waals surface area (Å²) in [7, 11) is 2.23. The number of aromatic nitrogens is 1. The summed E-state index contributed by atoms with van der Waals surface area (Å²) in [4.78, 5) is 6.89. The van der Waals surface area contributed by atoms with E-state index in [9.17, 15) is 0 Å². The van der Waals surface area contributed by atoms with Gasteiger partial charge >= 0.3 is 0 Å². The van der Waals surface area contributed by atoms with Crippen LogP contribution in [0, 0.1) is 5.92 Å². The molecule has 1 aliphatic rings. The third-order valence-electron chi connectivity index (χ3n) is 4.52. The van der Waals surface area contributed by atoms with Crippen LogP contribution in [-0.4, -0.2) is 36.1 Å². The average Bonchev–Trinajstić information content (AvgIpc) is 2.71. The predicted octanol–water partition coefficient (Wildman–Crippen LogP) is 3.46. The van der Waals surface area contributed by atoms with Crippen LogP contribution in [0.2, 0.25) is 0 Å². The lowest BCUT2D eigenvalue weighted by molar-refractivity contribution is 0.217. The molecular formula is C18H31N3. The Kier molecular flexibility index (Phi) is 7.17. The van der Waals surface area contributed by atoms with Crippen molar-refractivity contribution >= 4 is 0 Å². The van der Waals surface area contributed by atoms with Gasteiger partial charge in [0.2, 0.25) is 0 Å². The van der Waals surface area contributed by atoms with Crippen molar-refractivity contribution in [3.63, 3.8) is 0 Å². The molecule has 2 rings (SSSR count). The fraction of sp³-hybridized carbons (Fsp3) is 0.722. The molecule has 0 aliphatic heterocycles. The molecule has 1 aliphatic carbocycles. The minimum atomic E-state index is 0.707. The monoisotopic (exact) mass is 289 g/mol. The van der Waals surface area contributed by atoms with Gasteiger partial charge in [0.25, 0.3) is 0 Å². The summed E-state index contributed by atoms with van der Waals surface area (Å²) in [6, 6.07) is 6.89. The summed E-state index contributed by atoms with van der Waals surface area (Å²) in [5.74, 6) is 0.785. The maximum Gasteiger partial charge on any atom is 0.0543 e. The van der Waals surface area contributed by atoms with Crippen molar-refractivity contribution in [3.05, 3.63) is 30.1 Å². The zero-order chi connectivity index (χ0) is 14.9. The predicted molar refractivity (Wildman–Crippen MR) is 89.2 cm³/mol.